The van der Waals surface area contributed by atoms with E-state index in [0.717, 1.165) is 0 Å². The maximum atomic E-state index is 9.79. The molecule has 5 atom stereocenters. The van der Waals surface area contributed by atoms with E-state index in [1.54, 1.807) is 0 Å². The first-order chi connectivity index (χ1) is 7.14. The molecule has 2 bridgehead atoms. The van der Waals surface area contributed by atoms with E-state index in [2.05, 4.69) is 10.0 Å². The predicted octanol–water partition coefficient (Wildman–Crippen LogP) is -0.689. The first-order valence-electron chi connectivity index (χ1n) is 4.83. The highest BCUT2D eigenvalue weighted by molar-refractivity contribution is 5.09. The molecule has 7 nitrogen and oxygen atoms in total. The van der Waals surface area contributed by atoms with E-state index in [4.69, 9.17) is 10.3 Å². The fourth-order valence-electron chi connectivity index (χ4n) is 2.39. The minimum absolute atomic E-state index is 0.343. The van der Waals surface area contributed by atoms with Crippen LogP contribution in [0.25, 0.3) is 10.4 Å². The van der Waals surface area contributed by atoms with E-state index in [1.807, 2.05) is 0 Å². The van der Waals surface area contributed by atoms with E-state index in [-0.39, 0.29) is 6.61 Å². The fraction of sp³-hybridized carbons (Fsp3) is 1.00. The number of hydrogen-bond acceptors (Lipinski definition) is 5. The monoisotopic (exact) mass is 215 g/mol. The molecule has 2 heterocycles. The molecule has 0 aromatic heterocycles. The van der Waals surface area contributed by atoms with Crippen molar-refractivity contribution in [2.24, 2.45) is 5.11 Å². The Labute approximate surface area is 85.9 Å². The summed E-state index contributed by atoms with van der Waals surface area (Å²) in [4.78, 5) is 2.62. The van der Waals surface area contributed by atoms with Gasteiger partial charge in [0.25, 0.3) is 0 Å². The van der Waals surface area contributed by atoms with Gasteiger partial charge in [-0.3, -0.25) is 0 Å². The van der Waals surface area contributed by atoms with Gasteiger partial charge >= 0.3 is 0 Å². The van der Waals surface area contributed by atoms with Crippen molar-refractivity contribution >= 4 is 0 Å². The standard InChI is InChI=1S/C8H13N3O4/c9-11-10-5-4-1-2-8(3-12,15-4)7(14)6(5)13/h4-7,12-14H,1-3H2/t4-,5?,6-,7-,8-/m1/s1. The first-order valence-corrected chi connectivity index (χ1v) is 4.83. The number of ether oxygens (including phenoxy) is 1. The molecular formula is C8H13N3O4. The molecule has 0 aliphatic carbocycles. The number of hydrogen-bond donors (Lipinski definition) is 3. The molecule has 2 fully saturated rings. The molecule has 3 N–H and O–H groups in total. The van der Waals surface area contributed by atoms with Gasteiger partial charge in [0, 0.05) is 4.91 Å². The molecule has 0 aromatic carbocycles. The number of azide groups is 1. The summed E-state index contributed by atoms with van der Waals surface area (Å²) >= 11 is 0. The van der Waals surface area contributed by atoms with E-state index in [1.165, 1.54) is 0 Å². The summed E-state index contributed by atoms with van der Waals surface area (Å²) in [6, 6.07) is -0.771. The summed E-state index contributed by atoms with van der Waals surface area (Å²) in [5.41, 5.74) is 7.25. The van der Waals surface area contributed by atoms with Crippen molar-refractivity contribution in [3.05, 3.63) is 10.4 Å². The van der Waals surface area contributed by atoms with Crippen LogP contribution in [-0.2, 0) is 4.74 Å². The Morgan fingerprint density at radius 3 is 2.87 bits per heavy atom. The second-order valence-corrected chi connectivity index (χ2v) is 4.05. The third-order valence-corrected chi connectivity index (χ3v) is 3.28. The zero-order valence-corrected chi connectivity index (χ0v) is 8.02. The number of rotatable bonds is 2. The van der Waals surface area contributed by atoms with Crippen LogP contribution in [0.4, 0.5) is 0 Å². The third kappa shape index (κ3) is 1.40. The summed E-state index contributed by atoms with van der Waals surface area (Å²) in [5.74, 6) is 0. The van der Waals surface area contributed by atoms with Crippen molar-refractivity contribution in [2.75, 3.05) is 6.61 Å². The van der Waals surface area contributed by atoms with Gasteiger partial charge in [0.2, 0.25) is 0 Å². The highest BCUT2D eigenvalue weighted by Gasteiger charge is 2.57. The lowest BCUT2D eigenvalue weighted by Gasteiger charge is -2.42. The normalized spacial score (nSPS) is 48.7. The van der Waals surface area contributed by atoms with Gasteiger partial charge in [0.05, 0.1) is 24.9 Å². The zero-order valence-electron chi connectivity index (χ0n) is 8.02. The van der Waals surface area contributed by atoms with Crippen molar-refractivity contribution in [3.63, 3.8) is 0 Å². The Balaban J connectivity index is 2.28. The highest BCUT2D eigenvalue weighted by atomic mass is 16.6. The smallest absolute Gasteiger partial charge is 0.120 e. The lowest BCUT2D eigenvalue weighted by Crippen LogP contribution is -2.60. The Hall–Kier alpha value is -0.850. The Kier molecular flexibility index (Phi) is 2.57. The lowest BCUT2D eigenvalue weighted by molar-refractivity contribution is -0.215. The van der Waals surface area contributed by atoms with E-state index in [9.17, 15) is 15.3 Å². The van der Waals surface area contributed by atoms with Crippen molar-refractivity contribution in [1.82, 2.24) is 0 Å². The van der Waals surface area contributed by atoms with Crippen molar-refractivity contribution < 1.29 is 20.1 Å². The molecule has 0 amide bonds. The molecule has 2 saturated heterocycles. The van der Waals surface area contributed by atoms with Gasteiger partial charge in [0.15, 0.2) is 0 Å². The Morgan fingerprint density at radius 2 is 2.27 bits per heavy atom. The minimum atomic E-state index is -1.21. The van der Waals surface area contributed by atoms with Gasteiger partial charge in [-0.05, 0) is 18.4 Å². The molecule has 84 valence electrons. The topological polar surface area (TPSA) is 119 Å². The fourth-order valence-corrected chi connectivity index (χ4v) is 2.39. The molecule has 15 heavy (non-hydrogen) atoms. The second kappa shape index (κ2) is 3.62. The average Bonchev–Trinajstić information content (AvgIpc) is 2.65. The molecule has 0 radical (unpaired) electrons. The molecule has 2 aliphatic heterocycles. The van der Waals surface area contributed by atoms with Crippen LogP contribution >= 0.6 is 0 Å². The van der Waals surface area contributed by atoms with Crippen molar-refractivity contribution in [2.45, 2.75) is 42.8 Å². The maximum absolute atomic E-state index is 9.79. The number of nitrogens with zero attached hydrogens (tertiary/aromatic N) is 3. The summed E-state index contributed by atoms with van der Waals surface area (Å²) in [5, 5.41) is 32.1. The molecule has 0 aromatic rings. The minimum Gasteiger partial charge on any atom is -0.393 e. The molecular weight excluding hydrogens is 202 g/mol. The summed E-state index contributed by atoms with van der Waals surface area (Å²) in [7, 11) is 0. The molecule has 2 rings (SSSR count). The van der Waals surface area contributed by atoms with Crippen LogP contribution in [0.2, 0.25) is 0 Å². The maximum Gasteiger partial charge on any atom is 0.120 e. The third-order valence-electron chi connectivity index (χ3n) is 3.28. The second-order valence-electron chi connectivity index (χ2n) is 4.05. The molecule has 0 spiro atoms. The van der Waals surface area contributed by atoms with Gasteiger partial charge in [-0.25, -0.2) is 0 Å². The average molecular weight is 215 g/mol. The predicted molar refractivity (Wildman–Crippen MR) is 48.9 cm³/mol. The van der Waals surface area contributed by atoms with Crippen molar-refractivity contribution in [3.8, 4) is 0 Å². The van der Waals surface area contributed by atoms with Gasteiger partial charge < -0.3 is 20.1 Å². The molecule has 0 saturated carbocycles. The van der Waals surface area contributed by atoms with Crippen LogP contribution in [0.5, 0.6) is 0 Å². The van der Waals surface area contributed by atoms with Crippen LogP contribution in [0.15, 0.2) is 5.11 Å². The van der Waals surface area contributed by atoms with Crippen LogP contribution in [0.1, 0.15) is 12.8 Å². The quantitative estimate of drug-likeness (QED) is 0.321. The van der Waals surface area contributed by atoms with Crippen LogP contribution in [0.3, 0.4) is 0 Å². The van der Waals surface area contributed by atoms with Gasteiger partial charge in [-0.1, -0.05) is 5.11 Å². The zero-order chi connectivity index (χ0) is 11.1. The Morgan fingerprint density at radius 1 is 1.53 bits per heavy atom. The number of aliphatic hydroxyl groups excluding tert-OH is 3. The van der Waals surface area contributed by atoms with E-state index >= 15 is 0 Å². The summed E-state index contributed by atoms with van der Waals surface area (Å²) in [6.07, 6.45) is -1.76. The molecule has 7 heteroatoms. The molecule has 1 unspecified atom stereocenters. The van der Waals surface area contributed by atoms with Crippen molar-refractivity contribution in [1.29, 1.82) is 0 Å². The van der Waals surface area contributed by atoms with Gasteiger partial charge in [-0.2, -0.15) is 0 Å². The highest BCUT2D eigenvalue weighted by Crippen LogP contribution is 2.42. The van der Waals surface area contributed by atoms with E-state index in [0.29, 0.717) is 12.8 Å². The SMILES string of the molecule is [N-]=[N+]=NC1[C@@H](O)[C@@H](O)[C@]2(CO)CC[C@H]1O2. The first kappa shape index (κ1) is 10.7. The largest absolute Gasteiger partial charge is 0.393 e. The number of aliphatic hydroxyl groups is 3. The number of fused-ring (bicyclic) bond motifs is 2. The summed E-state index contributed by atoms with van der Waals surface area (Å²) < 4.78 is 5.46. The van der Waals surface area contributed by atoms with Crippen LogP contribution < -0.4 is 0 Å². The van der Waals surface area contributed by atoms with Gasteiger partial charge in [-0.15, -0.1) is 0 Å². The Bertz CT molecular complexity index is 306. The van der Waals surface area contributed by atoms with Gasteiger partial charge in [0.1, 0.15) is 11.7 Å². The summed E-state index contributed by atoms with van der Waals surface area (Å²) in [6.45, 7) is -0.343. The van der Waals surface area contributed by atoms with E-state index < -0.39 is 30.0 Å². The van der Waals surface area contributed by atoms with Crippen LogP contribution in [-0.4, -0.2) is 51.9 Å². The van der Waals surface area contributed by atoms with Crippen LogP contribution in [0, 0.1) is 0 Å². The molecule has 2 aliphatic rings. The lowest BCUT2D eigenvalue weighted by atomic mass is 9.89.